The normalized spacial score (nSPS) is 22.3. The quantitative estimate of drug-likeness (QED) is 0.856. The first-order valence-electron chi connectivity index (χ1n) is 6.50. The van der Waals surface area contributed by atoms with E-state index in [2.05, 4.69) is 20.3 Å². The van der Waals surface area contributed by atoms with Crippen molar-refractivity contribution >= 4 is 23.5 Å². The van der Waals surface area contributed by atoms with E-state index in [1.54, 1.807) is 0 Å². The van der Waals surface area contributed by atoms with E-state index < -0.39 is 5.97 Å². The summed E-state index contributed by atoms with van der Waals surface area (Å²) in [6, 6.07) is 0.169. The Labute approximate surface area is 121 Å². The minimum atomic E-state index is -0.689. The third kappa shape index (κ3) is 3.93. The predicted octanol–water partition coefficient (Wildman–Crippen LogP) is 1.84. The molecule has 1 heterocycles. The van der Waals surface area contributed by atoms with Gasteiger partial charge in [0.05, 0.1) is 13.0 Å². The number of methoxy groups -OCH3 is 1. The number of aliphatic carboxylic acids is 1. The predicted molar refractivity (Wildman–Crippen MR) is 73.0 cm³/mol. The molecule has 0 aromatic carbocycles. The summed E-state index contributed by atoms with van der Waals surface area (Å²) in [7, 11) is 1.46. The number of nitrogens with zero attached hydrogens (tertiary/aromatic N) is 3. The maximum absolute atomic E-state index is 10.9. The first kappa shape index (κ1) is 14.8. The van der Waals surface area contributed by atoms with Crippen molar-refractivity contribution in [1.29, 1.82) is 0 Å². The van der Waals surface area contributed by atoms with Gasteiger partial charge in [0, 0.05) is 6.54 Å². The van der Waals surface area contributed by atoms with Crippen LogP contribution in [-0.4, -0.2) is 39.7 Å². The van der Waals surface area contributed by atoms with Gasteiger partial charge in [-0.05, 0) is 43.2 Å². The third-order valence-electron chi connectivity index (χ3n) is 3.52. The average Bonchev–Trinajstić information content (AvgIpc) is 2.45. The molecule has 8 heteroatoms. The first-order chi connectivity index (χ1) is 9.58. The summed E-state index contributed by atoms with van der Waals surface area (Å²) in [5, 5.41) is 12.1. The van der Waals surface area contributed by atoms with E-state index in [0.717, 1.165) is 25.7 Å². The lowest BCUT2D eigenvalue weighted by atomic mass is 9.82. The molecule has 110 valence electrons. The summed E-state index contributed by atoms with van der Waals surface area (Å²) < 4.78 is 4.92. The molecule has 0 radical (unpaired) electrons. The topological polar surface area (TPSA) is 97.2 Å². The van der Waals surface area contributed by atoms with Gasteiger partial charge in [0.2, 0.25) is 11.2 Å². The standard InChI is InChI=1S/C12H17ClN4O3/c1-20-12-16-10(13)15-11(17-12)14-6-7-2-4-8(5-3-7)9(18)19/h7-8H,2-6H2,1H3,(H,18,19)(H,14,15,16,17). The zero-order chi connectivity index (χ0) is 14.5. The second-order valence-corrected chi connectivity index (χ2v) is 5.19. The molecule has 1 saturated carbocycles. The fourth-order valence-electron chi connectivity index (χ4n) is 2.35. The fourth-order valence-corrected chi connectivity index (χ4v) is 2.50. The molecule has 2 rings (SSSR count). The number of carboxylic acid groups (broad SMARTS) is 1. The van der Waals surface area contributed by atoms with Crippen molar-refractivity contribution < 1.29 is 14.6 Å². The van der Waals surface area contributed by atoms with E-state index >= 15 is 0 Å². The van der Waals surface area contributed by atoms with E-state index in [9.17, 15) is 4.79 Å². The molecule has 1 fully saturated rings. The molecule has 0 saturated heterocycles. The molecule has 1 aliphatic carbocycles. The Bertz CT molecular complexity index is 478. The number of hydrogen-bond donors (Lipinski definition) is 2. The Morgan fingerprint density at radius 1 is 1.35 bits per heavy atom. The van der Waals surface area contributed by atoms with E-state index in [0.29, 0.717) is 18.4 Å². The fraction of sp³-hybridized carbons (Fsp3) is 0.667. The molecule has 0 spiro atoms. The molecular weight excluding hydrogens is 284 g/mol. The number of carboxylic acids is 1. The van der Waals surface area contributed by atoms with Crippen molar-refractivity contribution in [2.45, 2.75) is 25.7 Å². The summed E-state index contributed by atoms with van der Waals surface area (Å²) in [6.45, 7) is 0.690. The van der Waals surface area contributed by atoms with Crippen LogP contribution in [0.1, 0.15) is 25.7 Å². The SMILES string of the molecule is COc1nc(Cl)nc(NCC2CCC(C(=O)O)CC2)n1. The Morgan fingerprint density at radius 2 is 2.05 bits per heavy atom. The molecule has 0 amide bonds. The number of anilines is 1. The highest BCUT2D eigenvalue weighted by Gasteiger charge is 2.25. The minimum absolute atomic E-state index is 0.0777. The number of aromatic nitrogens is 3. The van der Waals surface area contributed by atoms with Gasteiger partial charge < -0.3 is 15.2 Å². The molecule has 20 heavy (non-hydrogen) atoms. The number of hydrogen-bond acceptors (Lipinski definition) is 6. The number of carbonyl (C=O) groups is 1. The zero-order valence-corrected chi connectivity index (χ0v) is 11.9. The van der Waals surface area contributed by atoms with Crippen LogP contribution in [0.3, 0.4) is 0 Å². The average molecular weight is 301 g/mol. The van der Waals surface area contributed by atoms with Crippen LogP contribution in [-0.2, 0) is 4.79 Å². The van der Waals surface area contributed by atoms with Gasteiger partial charge in [0.1, 0.15) is 0 Å². The lowest BCUT2D eigenvalue weighted by Gasteiger charge is -2.26. The maximum atomic E-state index is 10.9. The van der Waals surface area contributed by atoms with Crippen molar-refractivity contribution in [3.63, 3.8) is 0 Å². The van der Waals surface area contributed by atoms with Crippen LogP contribution in [0.5, 0.6) is 6.01 Å². The van der Waals surface area contributed by atoms with Gasteiger partial charge in [-0.1, -0.05) is 0 Å². The monoisotopic (exact) mass is 300 g/mol. The van der Waals surface area contributed by atoms with Gasteiger partial charge in [-0.3, -0.25) is 4.79 Å². The van der Waals surface area contributed by atoms with Gasteiger partial charge in [0.25, 0.3) is 0 Å². The smallest absolute Gasteiger partial charge is 0.322 e. The van der Waals surface area contributed by atoms with E-state index in [-0.39, 0.29) is 17.2 Å². The van der Waals surface area contributed by atoms with Crippen LogP contribution in [0, 0.1) is 11.8 Å². The summed E-state index contributed by atoms with van der Waals surface area (Å²) in [5.74, 6) is -0.0855. The van der Waals surface area contributed by atoms with Crippen molar-refractivity contribution in [1.82, 2.24) is 15.0 Å². The van der Waals surface area contributed by atoms with Crippen molar-refractivity contribution in [3.8, 4) is 6.01 Å². The highest BCUT2D eigenvalue weighted by atomic mass is 35.5. The molecule has 1 aliphatic rings. The molecule has 0 atom stereocenters. The largest absolute Gasteiger partial charge is 0.481 e. The lowest BCUT2D eigenvalue weighted by Crippen LogP contribution is -2.25. The van der Waals surface area contributed by atoms with Crippen LogP contribution in [0.15, 0.2) is 0 Å². The highest BCUT2D eigenvalue weighted by molar-refractivity contribution is 6.28. The Kier molecular flexibility index (Phi) is 4.94. The zero-order valence-electron chi connectivity index (χ0n) is 11.2. The van der Waals surface area contributed by atoms with Gasteiger partial charge in [0.15, 0.2) is 0 Å². The van der Waals surface area contributed by atoms with Gasteiger partial charge >= 0.3 is 12.0 Å². The third-order valence-corrected chi connectivity index (χ3v) is 3.68. The van der Waals surface area contributed by atoms with Gasteiger partial charge in [-0.25, -0.2) is 0 Å². The number of ether oxygens (including phenoxy) is 1. The molecule has 1 aromatic heterocycles. The van der Waals surface area contributed by atoms with Gasteiger partial charge in [-0.2, -0.15) is 15.0 Å². The van der Waals surface area contributed by atoms with E-state index in [1.165, 1.54) is 7.11 Å². The first-order valence-corrected chi connectivity index (χ1v) is 6.88. The number of rotatable bonds is 5. The Morgan fingerprint density at radius 3 is 2.65 bits per heavy atom. The van der Waals surface area contributed by atoms with Crippen molar-refractivity contribution in [2.75, 3.05) is 19.0 Å². The molecule has 2 N–H and O–H groups in total. The van der Waals surface area contributed by atoms with Crippen LogP contribution in [0.2, 0.25) is 5.28 Å². The molecule has 7 nitrogen and oxygen atoms in total. The Hall–Kier alpha value is -1.63. The van der Waals surface area contributed by atoms with Gasteiger partial charge in [-0.15, -0.1) is 0 Å². The van der Waals surface area contributed by atoms with Crippen molar-refractivity contribution in [3.05, 3.63) is 5.28 Å². The summed E-state index contributed by atoms with van der Waals surface area (Å²) in [5.41, 5.74) is 0. The van der Waals surface area contributed by atoms with Crippen LogP contribution >= 0.6 is 11.6 Å². The number of halogens is 1. The second kappa shape index (κ2) is 6.69. The minimum Gasteiger partial charge on any atom is -0.481 e. The lowest BCUT2D eigenvalue weighted by molar-refractivity contribution is -0.143. The van der Waals surface area contributed by atoms with E-state index in [1.807, 2.05) is 0 Å². The van der Waals surface area contributed by atoms with Crippen molar-refractivity contribution in [2.24, 2.45) is 11.8 Å². The highest BCUT2D eigenvalue weighted by Crippen LogP contribution is 2.29. The van der Waals surface area contributed by atoms with E-state index in [4.69, 9.17) is 21.4 Å². The molecule has 1 aromatic rings. The summed E-state index contributed by atoms with van der Waals surface area (Å²) in [4.78, 5) is 22.7. The van der Waals surface area contributed by atoms with Crippen LogP contribution in [0.4, 0.5) is 5.95 Å². The van der Waals surface area contributed by atoms with Crippen LogP contribution < -0.4 is 10.1 Å². The second-order valence-electron chi connectivity index (χ2n) is 4.85. The molecule has 0 aliphatic heterocycles. The maximum Gasteiger partial charge on any atom is 0.322 e. The Balaban J connectivity index is 1.84. The molecular formula is C12H17ClN4O3. The summed E-state index contributed by atoms with van der Waals surface area (Å²) in [6.07, 6.45) is 3.23. The molecule has 0 bridgehead atoms. The molecule has 0 unspecified atom stereocenters. The summed E-state index contributed by atoms with van der Waals surface area (Å²) >= 11 is 5.76. The van der Waals surface area contributed by atoms with Crippen LogP contribution in [0.25, 0.3) is 0 Å². The number of nitrogens with one attached hydrogen (secondary N) is 1.